The summed E-state index contributed by atoms with van der Waals surface area (Å²) in [5, 5.41) is 27.6. The van der Waals surface area contributed by atoms with Crippen molar-refractivity contribution in [2.45, 2.75) is 24.8 Å². The monoisotopic (exact) mass is 265 g/mol. The van der Waals surface area contributed by atoms with Gasteiger partial charge in [0.05, 0.1) is 11.7 Å². The lowest BCUT2D eigenvalue weighted by molar-refractivity contribution is -0.137. The van der Waals surface area contributed by atoms with Crippen molar-refractivity contribution in [3.05, 3.63) is 29.3 Å². The summed E-state index contributed by atoms with van der Waals surface area (Å²) in [6.07, 6.45) is -7.59. The molecule has 18 heavy (non-hydrogen) atoms. The van der Waals surface area contributed by atoms with Gasteiger partial charge in [-0.15, -0.1) is 0 Å². The van der Waals surface area contributed by atoms with Gasteiger partial charge >= 0.3 is 6.18 Å². The van der Waals surface area contributed by atoms with Crippen LogP contribution >= 0.6 is 0 Å². The first kappa shape index (κ1) is 14.7. The van der Waals surface area contributed by atoms with E-state index in [2.05, 4.69) is 0 Å². The van der Waals surface area contributed by atoms with Gasteiger partial charge in [-0.05, 0) is 24.1 Å². The fourth-order valence-corrected chi connectivity index (χ4v) is 1.52. The van der Waals surface area contributed by atoms with Crippen LogP contribution in [0, 0.1) is 0 Å². The van der Waals surface area contributed by atoms with E-state index in [9.17, 15) is 23.4 Å². The molecular weight excluding hydrogens is 251 g/mol. The Morgan fingerprint density at radius 3 is 2.33 bits per heavy atom. The molecule has 1 rings (SSSR count). The first-order chi connectivity index (χ1) is 8.27. The van der Waals surface area contributed by atoms with E-state index in [1.54, 1.807) is 0 Å². The van der Waals surface area contributed by atoms with Crippen LogP contribution in [0.15, 0.2) is 18.2 Å². The minimum Gasteiger partial charge on any atom is -0.398 e. The topological polar surface area (TPSA) is 86.7 Å². The molecule has 0 aromatic heterocycles. The smallest absolute Gasteiger partial charge is 0.398 e. The van der Waals surface area contributed by atoms with Crippen molar-refractivity contribution in [1.82, 2.24) is 0 Å². The van der Waals surface area contributed by atoms with Gasteiger partial charge in [-0.3, -0.25) is 0 Å². The molecule has 5 N–H and O–H groups in total. The van der Waals surface area contributed by atoms with E-state index in [-0.39, 0.29) is 18.6 Å². The van der Waals surface area contributed by atoms with Gasteiger partial charge in [-0.1, -0.05) is 6.07 Å². The Balaban J connectivity index is 3.05. The maximum Gasteiger partial charge on any atom is 0.418 e. The highest BCUT2D eigenvalue weighted by molar-refractivity contribution is 5.50. The zero-order valence-corrected chi connectivity index (χ0v) is 9.35. The van der Waals surface area contributed by atoms with Gasteiger partial charge in [0.25, 0.3) is 0 Å². The van der Waals surface area contributed by atoms with Crippen LogP contribution < -0.4 is 5.73 Å². The zero-order valence-electron chi connectivity index (χ0n) is 9.35. The number of benzene rings is 1. The van der Waals surface area contributed by atoms with E-state index in [0.717, 1.165) is 6.07 Å². The van der Waals surface area contributed by atoms with Gasteiger partial charge < -0.3 is 21.1 Å². The average Bonchev–Trinajstić information content (AvgIpc) is 2.27. The fraction of sp³-hybridized carbons (Fsp3) is 0.455. The molecule has 0 aliphatic heterocycles. The molecule has 0 saturated heterocycles. The summed E-state index contributed by atoms with van der Waals surface area (Å²) in [5.41, 5.74) is 3.60. The average molecular weight is 265 g/mol. The second-order valence-corrected chi connectivity index (χ2v) is 3.87. The zero-order chi connectivity index (χ0) is 13.9. The summed E-state index contributed by atoms with van der Waals surface area (Å²) in [7, 11) is 0. The minimum absolute atomic E-state index is 0.0996. The Labute approximate surface area is 101 Å². The third-order valence-electron chi connectivity index (χ3n) is 2.51. The summed E-state index contributed by atoms with van der Waals surface area (Å²) < 4.78 is 37.7. The molecule has 102 valence electrons. The van der Waals surface area contributed by atoms with Crippen molar-refractivity contribution in [3.63, 3.8) is 0 Å². The number of nitrogen functional groups attached to an aromatic ring is 1. The molecule has 4 nitrogen and oxygen atoms in total. The third kappa shape index (κ3) is 3.34. The van der Waals surface area contributed by atoms with E-state index in [1.807, 2.05) is 0 Å². The predicted molar refractivity (Wildman–Crippen MR) is 58.5 cm³/mol. The predicted octanol–water partition coefficient (Wildman–Crippen LogP) is 1.06. The molecule has 0 amide bonds. The fourth-order valence-electron chi connectivity index (χ4n) is 1.52. The molecule has 0 saturated carbocycles. The first-order valence-corrected chi connectivity index (χ1v) is 5.21. The summed E-state index contributed by atoms with van der Waals surface area (Å²) in [4.78, 5) is 0. The molecule has 1 aromatic rings. The molecule has 0 aliphatic carbocycles. The Morgan fingerprint density at radius 2 is 1.83 bits per heavy atom. The largest absolute Gasteiger partial charge is 0.418 e. The number of rotatable bonds is 4. The van der Waals surface area contributed by atoms with Crippen LogP contribution in [-0.4, -0.2) is 28.0 Å². The van der Waals surface area contributed by atoms with Gasteiger partial charge in [-0.2, -0.15) is 13.2 Å². The van der Waals surface area contributed by atoms with E-state index in [1.165, 1.54) is 6.07 Å². The highest BCUT2D eigenvalue weighted by Crippen LogP contribution is 2.35. The highest BCUT2D eigenvalue weighted by Gasteiger charge is 2.34. The molecule has 0 radical (unpaired) electrons. The number of alkyl halides is 3. The van der Waals surface area contributed by atoms with Gasteiger partial charge in [0, 0.05) is 12.3 Å². The molecule has 0 fully saturated rings. The molecule has 0 heterocycles. The van der Waals surface area contributed by atoms with Gasteiger partial charge in [0.2, 0.25) is 0 Å². The van der Waals surface area contributed by atoms with Crippen LogP contribution in [0.2, 0.25) is 0 Å². The van der Waals surface area contributed by atoms with Crippen molar-refractivity contribution in [3.8, 4) is 0 Å². The van der Waals surface area contributed by atoms with Crippen LogP contribution in [-0.2, 0) is 6.18 Å². The molecule has 2 unspecified atom stereocenters. The van der Waals surface area contributed by atoms with Crippen LogP contribution in [0.25, 0.3) is 0 Å². The summed E-state index contributed by atoms with van der Waals surface area (Å²) >= 11 is 0. The third-order valence-corrected chi connectivity index (χ3v) is 2.51. The SMILES string of the molecule is Nc1ccc(C(O)C(O)CCO)cc1C(F)(F)F. The Kier molecular flexibility index (Phi) is 4.55. The van der Waals surface area contributed by atoms with Crippen LogP contribution in [0.4, 0.5) is 18.9 Å². The normalized spacial score (nSPS) is 15.4. The molecule has 2 atom stereocenters. The maximum atomic E-state index is 12.6. The van der Waals surface area contributed by atoms with Crippen LogP contribution in [0.5, 0.6) is 0 Å². The van der Waals surface area contributed by atoms with E-state index in [0.29, 0.717) is 6.07 Å². The van der Waals surface area contributed by atoms with Crippen molar-refractivity contribution < 1.29 is 28.5 Å². The van der Waals surface area contributed by atoms with Crippen LogP contribution in [0.1, 0.15) is 23.7 Å². The Bertz CT molecular complexity index is 409. The lowest BCUT2D eigenvalue weighted by Gasteiger charge is -2.19. The number of anilines is 1. The van der Waals surface area contributed by atoms with E-state index >= 15 is 0 Å². The number of hydrogen-bond donors (Lipinski definition) is 4. The quantitative estimate of drug-likeness (QED) is 0.613. The van der Waals surface area contributed by atoms with E-state index < -0.39 is 29.6 Å². The second-order valence-electron chi connectivity index (χ2n) is 3.87. The van der Waals surface area contributed by atoms with E-state index in [4.69, 9.17) is 10.8 Å². The Hall–Kier alpha value is -1.31. The highest BCUT2D eigenvalue weighted by atomic mass is 19.4. The number of aliphatic hydroxyl groups excluding tert-OH is 3. The summed E-state index contributed by atoms with van der Waals surface area (Å²) in [5.74, 6) is 0. The lowest BCUT2D eigenvalue weighted by Crippen LogP contribution is -2.20. The molecular formula is C11H14F3NO3. The summed E-state index contributed by atoms with van der Waals surface area (Å²) in [6, 6.07) is 2.92. The number of hydrogen-bond acceptors (Lipinski definition) is 4. The van der Waals surface area contributed by atoms with Gasteiger partial charge in [-0.25, -0.2) is 0 Å². The van der Waals surface area contributed by atoms with Crippen molar-refractivity contribution in [2.24, 2.45) is 0 Å². The second kappa shape index (κ2) is 5.55. The first-order valence-electron chi connectivity index (χ1n) is 5.21. The molecule has 0 aliphatic rings. The minimum atomic E-state index is -4.62. The molecule has 0 bridgehead atoms. The van der Waals surface area contributed by atoms with Gasteiger partial charge in [0.1, 0.15) is 6.10 Å². The molecule has 0 spiro atoms. The maximum absolute atomic E-state index is 12.6. The van der Waals surface area contributed by atoms with Gasteiger partial charge in [0.15, 0.2) is 0 Å². The standard InChI is InChI=1S/C11H14F3NO3/c12-11(13,14)7-5-6(1-2-8(7)15)10(18)9(17)3-4-16/h1-2,5,9-10,16-18H,3-4,15H2. The van der Waals surface area contributed by atoms with Crippen molar-refractivity contribution in [1.29, 1.82) is 0 Å². The molecule has 1 aromatic carbocycles. The summed E-state index contributed by atoms with van der Waals surface area (Å²) in [6.45, 7) is -0.376. The lowest BCUT2D eigenvalue weighted by atomic mass is 9.99. The Morgan fingerprint density at radius 1 is 1.22 bits per heavy atom. The van der Waals surface area contributed by atoms with Crippen LogP contribution in [0.3, 0.4) is 0 Å². The number of nitrogens with two attached hydrogens (primary N) is 1. The van der Waals surface area contributed by atoms with Crippen molar-refractivity contribution in [2.75, 3.05) is 12.3 Å². The number of halogens is 3. The van der Waals surface area contributed by atoms with Crippen molar-refractivity contribution >= 4 is 5.69 Å². The molecule has 7 heteroatoms. The number of aliphatic hydroxyl groups is 3.